The molecule has 0 amide bonds. The van der Waals surface area contributed by atoms with Crippen LogP contribution < -0.4 is 5.32 Å². The molecule has 1 aromatic heterocycles. The fraction of sp³-hybridized carbons (Fsp3) is 0.333. The van der Waals surface area contributed by atoms with Crippen LogP contribution in [0.1, 0.15) is 29.3 Å². The second kappa shape index (κ2) is 4.96. The van der Waals surface area contributed by atoms with Gasteiger partial charge in [0.2, 0.25) is 0 Å². The van der Waals surface area contributed by atoms with Crippen molar-refractivity contribution >= 4 is 0 Å². The predicted octanol–water partition coefficient (Wildman–Crippen LogP) is 2.99. The minimum atomic E-state index is -0.00217. The lowest BCUT2D eigenvalue weighted by Gasteiger charge is -2.30. The lowest BCUT2D eigenvalue weighted by Crippen LogP contribution is -2.35. The van der Waals surface area contributed by atoms with Gasteiger partial charge in [0.15, 0.2) is 0 Å². The highest BCUT2D eigenvalue weighted by atomic mass is 16.5. The summed E-state index contributed by atoms with van der Waals surface area (Å²) < 4.78 is 11.8. The lowest BCUT2D eigenvalue weighted by atomic mass is 10.1. The molecule has 1 aromatic carbocycles. The Morgan fingerprint density at radius 2 is 1.78 bits per heavy atom. The maximum atomic E-state index is 6.12. The lowest BCUT2D eigenvalue weighted by molar-refractivity contribution is -0.0506. The first kappa shape index (κ1) is 11.5. The number of morpholine rings is 1. The van der Waals surface area contributed by atoms with Crippen LogP contribution in [0.4, 0.5) is 0 Å². The van der Waals surface area contributed by atoms with E-state index in [0.717, 1.165) is 24.6 Å². The highest BCUT2D eigenvalue weighted by Crippen LogP contribution is 2.29. The van der Waals surface area contributed by atoms with Crippen LogP contribution in [0.5, 0.6) is 0 Å². The highest BCUT2D eigenvalue weighted by Gasteiger charge is 2.26. The van der Waals surface area contributed by atoms with Crippen LogP contribution in [0.15, 0.2) is 46.9 Å². The number of ether oxygens (including phenoxy) is 1. The Balaban J connectivity index is 1.76. The number of furan rings is 1. The Morgan fingerprint density at radius 1 is 1.00 bits per heavy atom. The van der Waals surface area contributed by atoms with Crippen LogP contribution in [-0.4, -0.2) is 13.1 Å². The maximum Gasteiger partial charge on any atom is 0.134 e. The second-order valence-electron chi connectivity index (χ2n) is 4.63. The van der Waals surface area contributed by atoms with E-state index in [1.807, 2.05) is 37.3 Å². The van der Waals surface area contributed by atoms with Crippen molar-refractivity contribution in [1.82, 2.24) is 5.32 Å². The molecular weight excluding hydrogens is 226 g/mol. The number of hydrogen-bond acceptors (Lipinski definition) is 3. The largest absolute Gasteiger partial charge is 0.464 e. The van der Waals surface area contributed by atoms with Gasteiger partial charge in [-0.05, 0) is 24.6 Å². The van der Waals surface area contributed by atoms with E-state index in [9.17, 15) is 0 Å². The third-order valence-electron chi connectivity index (χ3n) is 3.24. The van der Waals surface area contributed by atoms with Gasteiger partial charge < -0.3 is 14.5 Å². The van der Waals surface area contributed by atoms with Crippen molar-refractivity contribution in [1.29, 1.82) is 0 Å². The monoisotopic (exact) mass is 243 g/mol. The van der Waals surface area contributed by atoms with Crippen LogP contribution >= 0.6 is 0 Å². The van der Waals surface area contributed by atoms with Gasteiger partial charge in [0, 0.05) is 13.1 Å². The molecule has 0 radical (unpaired) electrons. The molecule has 18 heavy (non-hydrogen) atoms. The van der Waals surface area contributed by atoms with Crippen molar-refractivity contribution < 1.29 is 9.15 Å². The maximum absolute atomic E-state index is 6.12. The highest BCUT2D eigenvalue weighted by molar-refractivity contribution is 5.19. The standard InChI is InChI=1S/C15H17NO2/c1-11-7-8-13(17-11)15-10-16-9-14(18-15)12-5-3-2-4-6-12/h2-8,14-16H,9-10H2,1H3. The molecule has 2 unspecified atom stereocenters. The van der Waals surface area contributed by atoms with Gasteiger partial charge in [-0.1, -0.05) is 30.3 Å². The summed E-state index contributed by atoms with van der Waals surface area (Å²) in [6, 6.07) is 14.3. The fourth-order valence-corrected chi connectivity index (χ4v) is 2.30. The molecule has 1 aliphatic heterocycles. The molecule has 3 nitrogen and oxygen atoms in total. The Labute approximate surface area is 107 Å². The van der Waals surface area contributed by atoms with E-state index in [-0.39, 0.29) is 12.2 Å². The van der Waals surface area contributed by atoms with Crippen LogP contribution in [0.2, 0.25) is 0 Å². The second-order valence-corrected chi connectivity index (χ2v) is 4.63. The zero-order valence-electron chi connectivity index (χ0n) is 10.4. The van der Waals surface area contributed by atoms with E-state index >= 15 is 0 Å². The van der Waals surface area contributed by atoms with Gasteiger partial charge in [0.25, 0.3) is 0 Å². The molecule has 0 bridgehead atoms. The summed E-state index contributed by atoms with van der Waals surface area (Å²) in [6.45, 7) is 3.60. The zero-order chi connectivity index (χ0) is 12.4. The number of hydrogen-bond donors (Lipinski definition) is 1. The first-order valence-corrected chi connectivity index (χ1v) is 6.30. The molecule has 0 aliphatic carbocycles. The number of aryl methyl sites for hydroxylation is 1. The summed E-state index contributed by atoms with van der Waals surface area (Å²) in [7, 11) is 0. The van der Waals surface area contributed by atoms with Crippen LogP contribution in [0, 0.1) is 6.92 Å². The van der Waals surface area contributed by atoms with Gasteiger partial charge in [-0.2, -0.15) is 0 Å². The normalized spacial score (nSPS) is 24.1. The molecule has 1 saturated heterocycles. The summed E-state index contributed by atoms with van der Waals surface area (Å²) in [4.78, 5) is 0. The van der Waals surface area contributed by atoms with Gasteiger partial charge in [0.05, 0.1) is 6.10 Å². The van der Waals surface area contributed by atoms with Crippen molar-refractivity contribution in [3.8, 4) is 0 Å². The smallest absolute Gasteiger partial charge is 0.134 e. The van der Waals surface area contributed by atoms with Gasteiger partial charge in [-0.25, -0.2) is 0 Å². The number of nitrogens with one attached hydrogen (secondary N) is 1. The molecule has 1 N–H and O–H groups in total. The zero-order valence-corrected chi connectivity index (χ0v) is 10.4. The van der Waals surface area contributed by atoms with Gasteiger partial charge in [-0.15, -0.1) is 0 Å². The first-order chi connectivity index (χ1) is 8.83. The average molecular weight is 243 g/mol. The Hall–Kier alpha value is -1.58. The van der Waals surface area contributed by atoms with Crippen molar-refractivity contribution in [2.24, 2.45) is 0 Å². The summed E-state index contributed by atoms with van der Waals surface area (Å²) in [6.07, 6.45) is 0.0908. The molecule has 0 saturated carbocycles. The summed E-state index contributed by atoms with van der Waals surface area (Å²) in [5, 5.41) is 3.41. The molecule has 3 rings (SSSR count). The van der Waals surface area contributed by atoms with Crippen molar-refractivity contribution in [2.45, 2.75) is 19.1 Å². The molecule has 3 heteroatoms. The van der Waals surface area contributed by atoms with Crippen molar-refractivity contribution in [3.05, 3.63) is 59.5 Å². The molecule has 2 heterocycles. The summed E-state index contributed by atoms with van der Waals surface area (Å²) >= 11 is 0. The third kappa shape index (κ3) is 2.33. The van der Waals surface area contributed by atoms with Crippen LogP contribution in [-0.2, 0) is 4.74 Å². The van der Waals surface area contributed by atoms with Gasteiger partial charge in [0.1, 0.15) is 17.6 Å². The number of rotatable bonds is 2. The minimum Gasteiger partial charge on any atom is -0.464 e. The molecule has 2 aromatic rings. The minimum absolute atomic E-state index is 0.00217. The van der Waals surface area contributed by atoms with E-state index in [1.54, 1.807) is 0 Å². The Bertz CT molecular complexity index is 506. The van der Waals surface area contributed by atoms with Crippen molar-refractivity contribution in [3.63, 3.8) is 0 Å². The van der Waals surface area contributed by atoms with Crippen LogP contribution in [0.3, 0.4) is 0 Å². The van der Waals surface area contributed by atoms with E-state index in [4.69, 9.17) is 9.15 Å². The SMILES string of the molecule is Cc1ccc(C2CNCC(c3ccccc3)O2)o1. The number of benzene rings is 1. The van der Waals surface area contributed by atoms with E-state index in [2.05, 4.69) is 17.4 Å². The van der Waals surface area contributed by atoms with E-state index in [0.29, 0.717) is 0 Å². The quantitative estimate of drug-likeness (QED) is 0.880. The molecule has 94 valence electrons. The predicted molar refractivity (Wildman–Crippen MR) is 69.3 cm³/mol. The average Bonchev–Trinajstić information content (AvgIpc) is 2.87. The molecular formula is C15H17NO2. The van der Waals surface area contributed by atoms with Crippen molar-refractivity contribution in [2.75, 3.05) is 13.1 Å². The fourth-order valence-electron chi connectivity index (χ4n) is 2.30. The Kier molecular flexibility index (Phi) is 3.17. The van der Waals surface area contributed by atoms with E-state index in [1.165, 1.54) is 5.56 Å². The Morgan fingerprint density at radius 3 is 2.50 bits per heavy atom. The molecule has 1 aliphatic rings. The topological polar surface area (TPSA) is 34.4 Å². The van der Waals surface area contributed by atoms with E-state index < -0.39 is 0 Å². The first-order valence-electron chi connectivity index (χ1n) is 6.30. The summed E-state index contributed by atoms with van der Waals surface area (Å²) in [5.41, 5.74) is 1.21. The van der Waals surface area contributed by atoms with Gasteiger partial charge >= 0.3 is 0 Å². The molecule has 2 atom stereocenters. The molecule has 0 spiro atoms. The third-order valence-corrected chi connectivity index (χ3v) is 3.24. The summed E-state index contributed by atoms with van der Waals surface area (Å²) in [5.74, 6) is 1.83. The van der Waals surface area contributed by atoms with Crippen LogP contribution in [0.25, 0.3) is 0 Å². The van der Waals surface area contributed by atoms with Gasteiger partial charge in [-0.3, -0.25) is 0 Å². The molecule has 1 fully saturated rings.